The number of aromatic amines is 1. The second-order valence-electron chi connectivity index (χ2n) is 10.2. The number of H-pyrrole nitrogens is 1. The molecule has 4 aromatic heterocycles. The Morgan fingerprint density at radius 1 is 1.02 bits per heavy atom. The van der Waals surface area contributed by atoms with Crippen LogP contribution in [-0.4, -0.2) is 51.3 Å². The summed E-state index contributed by atoms with van der Waals surface area (Å²) in [5, 5.41) is 22.4. The average molecular weight is 562 g/mol. The number of amides is 1. The highest BCUT2D eigenvalue weighted by Crippen LogP contribution is 2.45. The number of fused-ring (bicyclic) bond motifs is 2. The van der Waals surface area contributed by atoms with Crippen molar-refractivity contribution in [2.45, 2.75) is 31.7 Å². The van der Waals surface area contributed by atoms with E-state index in [2.05, 4.69) is 35.9 Å². The number of nitrogens with zero attached hydrogens (tertiary/aromatic N) is 8. The molecule has 2 aromatic carbocycles. The van der Waals surface area contributed by atoms with E-state index in [1.165, 1.54) is 6.07 Å². The molecule has 13 heteroatoms. The zero-order valence-electron chi connectivity index (χ0n) is 22.4. The summed E-state index contributed by atoms with van der Waals surface area (Å²) in [5.41, 5.74) is 9.28. The van der Waals surface area contributed by atoms with Gasteiger partial charge in [-0.15, -0.1) is 10.2 Å². The van der Waals surface area contributed by atoms with Gasteiger partial charge in [-0.1, -0.05) is 47.7 Å². The lowest BCUT2D eigenvalue weighted by molar-refractivity contribution is -0.119. The second-order valence-corrected chi connectivity index (χ2v) is 10.2. The SMILES string of the molecule is CC1(c2ccc(CCc3nn[nH]n3)cc2)C(=O)Nc2nc(-c3nn(Cc4ncccc4F)c4ccccc34)nc(N)c21. The van der Waals surface area contributed by atoms with Crippen molar-refractivity contribution in [1.29, 1.82) is 0 Å². The van der Waals surface area contributed by atoms with Crippen LogP contribution in [0.25, 0.3) is 22.4 Å². The predicted octanol–water partition coefficient (Wildman–Crippen LogP) is 3.21. The van der Waals surface area contributed by atoms with Crippen molar-refractivity contribution < 1.29 is 9.18 Å². The van der Waals surface area contributed by atoms with Crippen LogP contribution in [0.4, 0.5) is 16.0 Å². The summed E-state index contributed by atoms with van der Waals surface area (Å²) in [6.07, 6.45) is 2.90. The number of carbonyl (C=O) groups excluding carboxylic acids is 1. The Labute approximate surface area is 238 Å². The van der Waals surface area contributed by atoms with Crippen LogP contribution < -0.4 is 11.1 Å². The molecule has 1 unspecified atom stereocenters. The van der Waals surface area contributed by atoms with Crippen molar-refractivity contribution in [3.05, 3.63) is 101 Å². The molecule has 1 aliphatic rings. The molecule has 5 heterocycles. The van der Waals surface area contributed by atoms with E-state index < -0.39 is 11.2 Å². The molecule has 1 amide bonds. The monoisotopic (exact) mass is 561 g/mol. The van der Waals surface area contributed by atoms with Crippen LogP contribution >= 0.6 is 0 Å². The average Bonchev–Trinajstić information content (AvgIpc) is 3.71. The summed E-state index contributed by atoms with van der Waals surface area (Å²) in [6.45, 7) is 1.93. The molecule has 12 nitrogen and oxygen atoms in total. The van der Waals surface area contributed by atoms with E-state index in [-0.39, 0.29) is 29.8 Å². The fourth-order valence-electron chi connectivity index (χ4n) is 5.43. The van der Waals surface area contributed by atoms with Crippen LogP contribution in [-0.2, 0) is 29.6 Å². The fraction of sp³-hybridized carbons (Fsp3) is 0.172. The van der Waals surface area contributed by atoms with Gasteiger partial charge in [0, 0.05) is 18.0 Å². The number of anilines is 2. The molecule has 6 aromatic rings. The number of carbonyl (C=O) groups is 1. The van der Waals surface area contributed by atoms with E-state index >= 15 is 0 Å². The number of tetrazole rings is 1. The summed E-state index contributed by atoms with van der Waals surface area (Å²) < 4.78 is 16.0. The Kier molecular flexibility index (Phi) is 5.92. The Hall–Kier alpha value is -5.59. The third kappa shape index (κ3) is 4.13. The lowest BCUT2D eigenvalue weighted by Crippen LogP contribution is -2.33. The maximum Gasteiger partial charge on any atom is 0.240 e. The minimum Gasteiger partial charge on any atom is -0.383 e. The van der Waals surface area contributed by atoms with E-state index in [4.69, 9.17) is 15.8 Å². The van der Waals surface area contributed by atoms with Crippen LogP contribution in [0.15, 0.2) is 66.9 Å². The molecule has 0 fully saturated rings. The molecule has 7 rings (SSSR count). The maximum absolute atomic E-state index is 14.4. The third-order valence-electron chi connectivity index (χ3n) is 7.68. The number of para-hydroxylation sites is 1. The summed E-state index contributed by atoms with van der Waals surface area (Å²) in [5.74, 6) is 0.725. The highest BCUT2D eigenvalue weighted by molar-refractivity contribution is 6.09. The number of aryl methyl sites for hydroxylation is 2. The van der Waals surface area contributed by atoms with Crippen molar-refractivity contribution in [2.75, 3.05) is 11.1 Å². The first-order chi connectivity index (χ1) is 20.4. The first-order valence-electron chi connectivity index (χ1n) is 13.3. The molecule has 42 heavy (non-hydrogen) atoms. The Morgan fingerprint density at radius 2 is 1.86 bits per heavy atom. The van der Waals surface area contributed by atoms with E-state index in [1.807, 2.05) is 55.5 Å². The minimum absolute atomic E-state index is 0.119. The Morgan fingerprint density at radius 3 is 2.64 bits per heavy atom. The predicted molar refractivity (Wildman–Crippen MR) is 152 cm³/mol. The summed E-state index contributed by atoms with van der Waals surface area (Å²) >= 11 is 0. The van der Waals surface area contributed by atoms with Gasteiger partial charge in [0.15, 0.2) is 11.6 Å². The van der Waals surface area contributed by atoms with Crippen molar-refractivity contribution >= 4 is 28.4 Å². The molecule has 0 radical (unpaired) electrons. The first kappa shape index (κ1) is 25.4. The van der Waals surface area contributed by atoms with Gasteiger partial charge in [-0.25, -0.2) is 14.4 Å². The van der Waals surface area contributed by atoms with Crippen molar-refractivity contribution in [3.8, 4) is 11.5 Å². The number of hydrogen-bond donors (Lipinski definition) is 3. The van der Waals surface area contributed by atoms with Gasteiger partial charge >= 0.3 is 0 Å². The molecular weight excluding hydrogens is 537 g/mol. The standard InChI is InChI=1S/C29H24FN11O/c1-29(17-11-8-16(9-12-17)10-13-22-36-39-40-37-22)23-25(31)33-27(34-26(23)35-28(29)42)24-18-5-2-3-7-21(18)41(38-24)15-20-19(30)6-4-14-32-20/h2-9,11-12,14H,10,13,15H2,1H3,(H,36,37,39,40)(H3,31,33,34,35,42). The molecule has 208 valence electrons. The van der Waals surface area contributed by atoms with Gasteiger partial charge in [0.05, 0.1) is 23.3 Å². The maximum atomic E-state index is 14.4. The molecule has 1 aliphatic heterocycles. The molecule has 1 atom stereocenters. The van der Waals surface area contributed by atoms with Crippen LogP contribution in [0.3, 0.4) is 0 Å². The molecule has 0 spiro atoms. The quantitative estimate of drug-likeness (QED) is 0.265. The Bertz CT molecular complexity index is 1950. The molecule has 0 aliphatic carbocycles. The number of nitrogens with one attached hydrogen (secondary N) is 2. The van der Waals surface area contributed by atoms with Crippen LogP contribution in [0, 0.1) is 5.82 Å². The van der Waals surface area contributed by atoms with Crippen LogP contribution in [0.2, 0.25) is 0 Å². The molecule has 0 saturated heterocycles. The summed E-state index contributed by atoms with van der Waals surface area (Å²) in [7, 11) is 0. The van der Waals surface area contributed by atoms with Gasteiger partial charge in [-0.2, -0.15) is 10.3 Å². The van der Waals surface area contributed by atoms with Gasteiger partial charge in [0.25, 0.3) is 0 Å². The molecule has 0 saturated carbocycles. The van der Waals surface area contributed by atoms with Crippen molar-refractivity contribution in [1.82, 2.24) is 45.4 Å². The number of rotatable bonds is 7. The summed E-state index contributed by atoms with van der Waals surface area (Å²) in [6, 6.07) is 18.2. The molecule has 0 bridgehead atoms. The number of nitrogens with two attached hydrogens (primary N) is 1. The van der Waals surface area contributed by atoms with E-state index in [1.54, 1.807) is 16.9 Å². The van der Waals surface area contributed by atoms with Crippen molar-refractivity contribution in [2.24, 2.45) is 0 Å². The molecule has 4 N–H and O–H groups in total. The third-order valence-corrected chi connectivity index (χ3v) is 7.68. The van der Waals surface area contributed by atoms with Crippen molar-refractivity contribution in [3.63, 3.8) is 0 Å². The van der Waals surface area contributed by atoms with Crippen LogP contribution in [0.1, 0.15) is 35.1 Å². The largest absolute Gasteiger partial charge is 0.383 e. The normalized spacial score (nSPS) is 16.1. The van der Waals surface area contributed by atoms with Crippen LogP contribution in [0.5, 0.6) is 0 Å². The van der Waals surface area contributed by atoms with Gasteiger partial charge in [-0.3, -0.25) is 14.5 Å². The van der Waals surface area contributed by atoms with Gasteiger partial charge in [-0.05, 0) is 42.7 Å². The van der Waals surface area contributed by atoms with E-state index in [9.17, 15) is 9.18 Å². The lowest BCUT2D eigenvalue weighted by Gasteiger charge is -2.23. The van der Waals surface area contributed by atoms with Gasteiger partial charge in [0.2, 0.25) is 5.91 Å². The Balaban J connectivity index is 1.24. The fourth-order valence-corrected chi connectivity index (χ4v) is 5.43. The van der Waals surface area contributed by atoms with Gasteiger partial charge < -0.3 is 11.1 Å². The zero-order valence-corrected chi connectivity index (χ0v) is 22.4. The summed E-state index contributed by atoms with van der Waals surface area (Å²) in [4.78, 5) is 26.9. The smallest absolute Gasteiger partial charge is 0.240 e. The van der Waals surface area contributed by atoms with E-state index in [0.29, 0.717) is 29.3 Å². The number of aromatic nitrogens is 9. The number of pyridine rings is 1. The highest BCUT2D eigenvalue weighted by atomic mass is 19.1. The molecular formula is C29H24FN11O. The lowest BCUT2D eigenvalue weighted by atomic mass is 9.77. The second kappa shape index (κ2) is 9.80. The number of benzene rings is 2. The topological polar surface area (TPSA) is 166 Å². The number of halogens is 1. The highest BCUT2D eigenvalue weighted by Gasteiger charge is 2.47. The number of nitrogen functional groups attached to an aromatic ring is 1. The first-order valence-corrected chi connectivity index (χ1v) is 13.3. The van der Waals surface area contributed by atoms with Gasteiger partial charge in [0.1, 0.15) is 28.6 Å². The van der Waals surface area contributed by atoms with E-state index in [0.717, 1.165) is 28.5 Å². The number of hydrogen-bond acceptors (Lipinski definition) is 9. The minimum atomic E-state index is -1.10. The zero-order chi connectivity index (χ0) is 28.8.